The van der Waals surface area contributed by atoms with Crippen LogP contribution in [0.25, 0.3) is 0 Å². The molecule has 1 aromatic heterocycles. The van der Waals surface area contributed by atoms with Gasteiger partial charge in [0.25, 0.3) is 0 Å². The fourth-order valence-corrected chi connectivity index (χ4v) is 3.69. The highest BCUT2D eigenvalue weighted by Gasteiger charge is 2.24. The van der Waals surface area contributed by atoms with Crippen molar-refractivity contribution in [1.82, 2.24) is 19.7 Å². The number of rotatable bonds is 8. The van der Waals surface area contributed by atoms with Crippen LogP contribution in [0.4, 0.5) is 0 Å². The summed E-state index contributed by atoms with van der Waals surface area (Å²) in [5.74, 6) is 3.31. The zero-order valence-electron chi connectivity index (χ0n) is 16.1. The van der Waals surface area contributed by atoms with Gasteiger partial charge in [-0.1, -0.05) is 13.0 Å². The molecule has 1 aliphatic heterocycles. The zero-order valence-corrected chi connectivity index (χ0v) is 16.1. The van der Waals surface area contributed by atoms with Gasteiger partial charge in [0.1, 0.15) is 12.2 Å². The first kappa shape index (κ1) is 18.7. The smallest absolute Gasteiger partial charge is 0.161 e. The van der Waals surface area contributed by atoms with Gasteiger partial charge in [-0.15, -0.1) is 10.2 Å². The van der Waals surface area contributed by atoms with Crippen LogP contribution < -0.4 is 9.47 Å². The Labute approximate surface area is 156 Å². The van der Waals surface area contributed by atoms with Crippen LogP contribution in [0.2, 0.25) is 0 Å². The average Bonchev–Trinajstić information content (AvgIpc) is 3.12. The fraction of sp³-hybridized carbons (Fsp3) is 0.600. The summed E-state index contributed by atoms with van der Waals surface area (Å²) < 4.78 is 13.3. The third-order valence-electron chi connectivity index (χ3n) is 5.00. The summed E-state index contributed by atoms with van der Waals surface area (Å²) in [6, 6.07) is 6.24. The second-order valence-electron chi connectivity index (χ2n) is 6.85. The Bertz CT molecular complexity index is 693. The van der Waals surface area contributed by atoms with Crippen LogP contribution in [0.15, 0.2) is 24.5 Å². The molecule has 0 aliphatic carbocycles. The monoisotopic (exact) mass is 358 g/mol. The lowest BCUT2D eigenvalue weighted by Gasteiger charge is -2.31. The molecular formula is C20H30N4O2. The van der Waals surface area contributed by atoms with Crippen LogP contribution in [0.3, 0.4) is 0 Å². The fourth-order valence-electron chi connectivity index (χ4n) is 3.69. The molecule has 1 fully saturated rings. The predicted molar refractivity (Wildman–Crippen MR) is 102 cm³/mol. The predicted octanol–water partition coefficient (Wildman–Crippen LogP) is 3.48. The van der Waals surface area contributed by atoms with Crippen molar-refractivity contribution in [3.05, 3.63) is 35.9 Å². The van der Waals surface area contributed by atoms with Crippen LogP contribution in [0.1, 0.15) is 50.4 Å². The van der Waals surface area contributed by atoms with E-state index in [0.29, 0.717) is 12.5 Å². The second-order valence-corrected chi connectivity index (χ2v) is 6.85. The molecule has 0 spiro atoms. The van der Waals surface area contributed by atoms with Crippen molar-refractivity contribution in [2.24, 2.45) is 0 Å². The Kier molecular flexibility index (Phi) is 6.50. The normalized spacial score (nSPS) is 16.0. The van der Waals surface area contributed by atoms with E-state index in [1.54, 1.807) is 7.11 Å². The van der Waals surface area contributed by atoms with Crippen molar-refractivity contribution in [1.29, 1.82) is 0 Å². The summed E-state index contributed by atoms with van der Waals surface area (Å²) in [7, 11) is 1.69. The molecule has 1 saturated heterocycles. The summed E-state index contributed by atoms with van der Waals surface area (Å²) in [4.78, 5) is 2.51. The molecule has 0 amide bonds. The number of hydrogen-bond donors (Lipinski definition) is 0. The molecule has 0 saturated carbocycles. The number of methoxy groups -OCH3 is 1. The summed E-state index contributed by atoms with van der Waals surface area (Å²) >= 11 is 0. The Morgan fingerprint density at radius 3 is 2.65 bits per heavy atom. The number of aromatic nitrogens is 3. The molecule has 0 bridgehead atoms. The van der Waals surface area contributed by atoms with Crippen LogP contribution in [0.5, 0.6) is 11.5 Å². The number of benzene rings is 1. The van der Waals surface area contributed by atoms with Crippen molar-refractivity contribution in [2.75, 3.05) is 26.8 Å². The molecule has 2 aromatic rings. The number of piperidine rings is 1. The molecule has 0 radical (unpaired) electrons. The average molecular weight is 358 g/mol. The molecule has 26 heavy (non-hydrogen) atoms. The zero-order chi connectivity index (χ0) is 18.4. The molecule has 1 aliphatic rings. The Morgan fingerprint density at radius 2 is 1.96 bits per heavy atom. The van der Waals surface area contributed by atoms with E-state index in [-0.39, 0.29) is 0 Å². The summed E-state index contributed by atoms with van der Waals surface area (Å²) in [5.41, 5.74) is 1.26. The highest BCUT2D eigenvalue weighted by molar-refractivity contribution is 5.43. The van der Waals surface area contributed by atoms with Crippen LogP contribution in [0, 0.1) is 0 Å². The summed E-state index contributed by atoms with van der Waals surface area (Å²) in [6.45, 7) is 8.94. The van der Waals surface area contributed by atoms with Crippen molar-refractivity contribution in [3.8, 4) is 11.5 Å². The minimum atomic E-state index is 0.523. The first-order chi connectivity index (χ1) is 12.7. The molecule has 3 rings (SSSR count). The van der Waals surface area contributed by atoms with E-state index in [1.807, 2.05) is 19.3 Å². The number of nitrogens with zero attached hydrogens (tertiary/aromatic N) is 4. The van der Waals surface area contributed by atoms with Crippen LogP contribution >= 0.6 is 0 Å². The van der Waals surface area contributed by atoms with Crippen LogP contribution in [-0.4, -0.2) is 46.5 Å². The maximum absolute atomic E-state index is 5.61. The van der Waals surface area contributed by atoms with E-state index in [4.69, 9.17) is 9.47 Å². The van der Waals surface area contributed by atoms with Gasteiger partial charge in [0.15, 0.2) is 11.5 Å². The lowest BCUT2D eigenvalue weighted by molar-refractivity contribution is 0.199. The standard InChI is InChI=1S/C20H30N4O2/c1-4-10-24-15-21-22-20(24)17-8-11-23(12-9-17)14-16-6-7-18(26-5-2)19(13-16)25-3/h6-7,13,15,17H,4-5,8-12,14H2,1-3H3. The molecular weight excluding hydrogens is 328 g/mol. The first-order valence-electron chi connectivity index (χ1n) is 9.64. The topological polar surface area (TPSA) is 52.4 Å². The van der Waals surface area contributed by atoms with Gasteiger partial charge in [0.05, 0.1) is 13.7 Å². The molecule has 142 valence electrons. The molecule has 0 atom stereocenters. The van der Waals surface area contributed by atoms with Gasteiger partial charge in [0, 0.05) is 19.0 Å². The number of aryl methyl sites for hydroxylation is 1. The van der Waals surface area contributed by atoms with Gasteiger partial charge in [0.2, 0.25) is 0 Å². The Balaban J connectivity index is 1.58. The highest BCUT2D eigenvalue weighted by Crippen LogP contribution is 2.30. The third kappa shape index (κ3) is 4.36. The Morgan fingerprint density at radius 1 is 1.15 bits per heavy atom. The Hall–Kier alpha value is -2.08. The molecule has 1 aromatic carbocycles. The van der Waals surface area contributed by atoms with Crippen LogP contribution in [-0.2, 0) is 13.1 Å². The molecule has 6 nitrogen and oxygen atoms in total. The SMILES string of the molecule is CCCn1cnnc1C1CCN(Cc2ccc(OCC)c(OC)c2)CC1. The van der Waals surface area contributed by atoms with Gasteiger partial charge >= 0.3 is 0 Å². The maximum atomic E-state index is 5.61. The summed E-state index contributed by atoms with van der Waals surface area (Å²) in [6.07, 6.45) is 5.26. The lowest BCUT2D eigenvalue weighted by Crippen LogP contribution is -2.33. The number of hydrogen-bond acceptors (Lipinski definition) is 5. The minimum Gasteiger partial charge on any atom is -0.493 e. The third-order valence-corrected chi connectivity index (χ3v) is 5.00. The maximum Gasteiger partial charge on any atom is 0.161 e. The first-order valence-corrected chi connectivity index (χ1v) is 9.64. The van der Waals surface area contributed by atoms with E-state index in [9.17, 15) is 0 Å². The van der Waals surface area contributed by atoms with E-state index < -0.39 is 0 Å². The van der Waals surface area contributed by atoms with Crippen molar-refractivity contribution < 1.29 is 9.47 Å². The minimum absolute atomic E-state index is 0.523. The number of ether oxygens (including phenoxy) is 2. The van der Waals surface area contributed by atoms with Gasteiger partial charge in [-0.25, -0.2) is 0 Å². The molecule has 2 heterocycles. The van der Waals surface area contributed by atoms with E-state index in [0.717, 1.165) is 62.8 Å². The van der Waals surface area contributed by atoms with Gasteiger partial charge < -0.3 is 14.0 Å². The largest absolute Gasteiger partial charge is 0.493 e. The molecule has 6 heteroatoms. The second kappa shape index (κ2) is 9.03. The molecule has 0 N–H and O–H groups in total. The number of likely N-dealkylation sites (tertiary alicyclic amines) is 1. The van der Waals surface area contributed by atoms with E-state index in [1.165, 1.54) is 5.56 Å². The quantitative estimate of drug-likeness (QED) is 0.723. The van der Waals surface area contributed by atoms with E-state index in [2.05, 4.69) is 38.7 Å². The lowest BCUT2D eigenvalue weighted by atomic mass is 9.95. The van der Waals surface area contributed by atoms with Gasteiger partial charge in [-0.2, -0.15) is 0 Å². The van der Waals surface area contributed by atoms with Gasteiger partial charge in [-0.05, 0) is 57.0 Å². The van der Waals surface area contributed by atoms with E-state index >= 15 is 0 Å². The van der Waals surface area contributed by atoms with Gasteiger partial charge in [-0.3, -0.25) is 4.90 Å². The molecule has 0 unspecified atom stereocenters. The van der Waals surface area contributed by atoms with Crippen molar-refractivity contribution in [2.45, 2.75) is 52.1 Å². The summed E-state index contributed by atoms with van der Waals surface area (Å²) in [5, 5.41) is 8.50. The van der Waals surface area contributed by atoms with Crippen molar-refractivity contribution in [3.63, 3.8) is 0 Å². The highest BCUT2D eigenvalue weighted by atomic mass is 16.5. The van der Waals surface area contributed by atoms with Crippen molar-refractivity contribution >= 4 is 0 Å².